The highest BCUT2D eigenvalue weighted by Crippen LogP contribution is 2.24. The van der Waals surface area contributed by atoms with E-state index in [-0.39, 0.29) is 0 Å². The maximum absolute atomic E-state index is 3.35. The summed E-state index contributed by atoms with van der Waals surface area (Å²) >= 11 is 0. The van der Waals surface area contributed by atoms with Crippen LogP contribution in [0.4, 0.5) is 0 Å². The van der Waals surface area contributed by atoms with Crippen LogP contribution in [0.1, 0.15) is 25.3 Å². The molecule has 1 fully saturated rings. The number of hydrogen-bond donors (Lipinski definition) is 1. The average molecular weight is 177 g/mol. The van der Waals surface area contributed by atoms with Gasteiger partial charge in [-0.05, 0) is 13.5 Å². The van der Waals surface area contributed by atoms with Crippen molar-refractivity contribution in [3.05, 3.63) is 30.6 Å². The van der Waals surface area contributed by atoms with Crippen molar-refractivity contribution in [2.75, 3.05) is 7.05 Å². The summed E-state index contributed by atoms with van der Waals surface area (Å²) in [5.74, 6) is 0. The number of nitrogens with one attached hydrogen (secondary N) is 1. The SMILES string of the molecule is CNC1CCC([n+]2ccccc2)C1. The van der Waals surface area contributed by atoms with Crippen LogP contribution in [0.15, 0.2) is 30.6 Å². The van der Waals surface area contributed by atoms with Crippen molar-refractivity contribution >= 4 is 0 Å². The molecule has 0 spiro atoms. The highest BCUT2D eigenvalue weighted by atomic mass is 15.0. The third-order valence-corrected chi connectivity index (χ3v) is 2.97. The molecule has 2 unspecified atom stereocenters. The van der Waals surface area contributed by atoms with Gasteiger partial charge in [0.15, 0.2) is 18.4 Å². The fourth-order valence-electron chi connectivity index (χ4n) is 2.15. The van der Waals surface area contributed by atoms with Gasteiger partial charge in [-0.25, -0.2) is 4.57 Å². The molecule has 0 saturated heterocycles. The Labute approximate surface area is 79.6 Å². The molecule has 1 aromatic heterocycles. The third kappa shape index (κ3) is 1.89. The highest BCUT2D eigenvalue weighted by molar-refractivity contribution is 4.85. The maximum atomic E-state index is 3.35. The molecule has 13 heavy (non-hydrogen) atoms. The molecule has 0 aromatic carbocycles. The average Bonchev–Trinajstić information content (AvgIpc) is 2.67. The molecule has 2 rings (SSSR count). The van der Waals surface area contributed by atoms with Crippen molar-refractivity contribution in [2.24, 2.45) is 0 Å². The number of aromatic nitrogens is 1. The van der Waals surface area contributed by atoms with Gasteiger partial charge in [-0.3, -0.25) is 0 Å². The van der Waals surface area contributed by atoms with Crippen LogP contribution in [-0.4, -0.2) is 13.1 Å². The Morgan fingerprint density at radius 1 is 1.15 bits per heavy atom. The Morgan fingerprint density at radius 2 is 1.92 bits per heavy atom. The predicted molar refractivity (Wildman–Crippen MR) is 52.4 cm³/mol. The maximum Gasteiger partial charge on any atom is 0.169 e. The van der Waals surface area contributed by atoms with E-state index in [2.05, 4.69) is 47.5 Å². The zero-order chi connectivity index (χ0) is 9.10. The van der Waals surface area contributed by atoms with Crippen molar-refractivity contribution in [1.29, 1.82) is 0 Å². The molecule has 1 heterocycles. The van der Waals surface area contributed by atoms with Crippen LogP contribution in [0.3, 0.4) is 0 Å². The predicted octanol–water partition coefficient (Wildman–Crippen LogP) is 1.29. The van der Waals surface area contributed by atoms with E-state index < -0.39 is 0 Å². The molecule has 2 nitrogen and oxygen atoms in total. The molecular weight excluding hydrogens is 160 g/mol. The third-order valence-electron chi connectivity index (χ3n) is 2.97. The fourth-order valence-corrected chi connectivity index (χ4v) is 2.15. The van der Waals surface area contributed by atoms with Gasteiger partial charge in [-0.2, -0.15) is 0 Å². The summed E-state index contributed by atoms with van der Waals surface area (Å²) in [6, 6.07) is 7.71. The molecule has 2 atom stereocenters. The minimum Gasteiger partial charge on any atom is -0.317 e. The smallest absolute Gasteiger partial charge is 0.169 e. The van der Waals surface area contributed by atoms with Gasteiger partial charge >= 0.3 is 0 Å². The molecule has 0 amide bonds. The van der Waals surface area contributed by atoms with Gasteiger partial charge in [-0.1, -0.05) is 6.07 Å². The first kappa shape index (κ1) is 8.70. The molecule has 2 heteroatoms. The van der Waals surface area contributed by atoms with E-state index in [0.29, 0.717) is 6.04 Å². The van der Waals surface area contributed by atoms with E-state index in [9.17, 15) is 0 Å². The molecule has 1 aliphatic carbocycles. The summed E-state index contributed by atoms with van der Waals surface area (Å²) in [6.07, 6.45) is 8.22. The second-order valence-corrected chi connectivity index (χ2v) is 3.78. The lowest BCUT2D eigenvalue weighted by Gasteiger charge is -2.06. The summed E-state index contributed by atoms with van der Waals surface area (Å²) in [5, 5.41) is 3.35. The molecule has 1 saturated carbocycles. The van der Waals surface area contributed by atoms with Crippen molar-refractivity contribution in [1.82, 2.24) is 5.32 Å². The number of hydrogen-bond acceptors (Lipinski definition) is 1. The molecule has 0 aliphatic heterocycles. The normalized spacial score (nSPS) is 27.8. The lowest BCUT2D eigenvalue weighted by Crippen LogP contribution is -2.37. The van der Waals surface area contributed by atoms with Gasteiger partial charge in [-0.15, -0.1) is 0 Å². The number of rotatable bonds is 2. The van der Waals surface area contributed by atoms with E-state index in [4.69, 9.17) is 0 Å². The Kier molecular flexibility index (Phi) is 2.60. The van der Waals surface area contributed by atoms with Gasteiger partial charge in [0.25, 0.3) is 0 Å². The number of nitrogens with zero attached hydrogens (tertiary/aromatic N) is 1. The van der Waals surface area contributed by atoms with Gasteiger partial charge in [0.1, 0.15) is 0 Å². The lowest BCUT2D eigenvalue weighted by atomic mass is 10.2. The monoisotopic (exact) mass is 177 g/mol. The first-order chi connectivity index (χ1) is 6.40. The fraction of sp³-hybridized carbons (Fsp3) is 0.545. The summed E-state index contributed by atoms with van der Waals surface area (Å²) in [5.41, 5.74) is 0. The van der Waals surface area contributed by atoms with Crippen LogP contribution in [-0.2, 0) is 0 Å². The van der Waals surface area contributed by atoms with Gasteiger partial charge in [0.2, 0.25) is 0 Å². The summed E-state index contributed by atoms with van der Waals surface area (Å²) < 4.78 is 2.33. The zero-order valence-electron chi connectivity index (χ0n) is 8.11. The summed E-state index contributed by atoms with van der Waals surface area (Å²) in [6.45, 7) is 0. The molecule has 1 aromatic rings. The Morgan fingerprint density at radius 3 is 2.54 bits per heavy atom. The standard InChI is InChI=1S/C11H17N2/c1-12-10-5-6-11(9-10)13-7-3-2-4-8-13/h2-4,7-8,10-12H,5-6,9H2,1H3/q+1. The van der Waals surface area contributed by atoms with Crippen LogP contribution in [0.2, 0.25) is 0 Å². The van der Waals surface area contributed by atoms with Crippen LogP contribution < -0.4 is 9.88 Å². The van der Waals surface area contributed by atoms with Gasteiger partial charge in [0, 0.05) is 31.0 Å². The van der Waals surface area contributed by atoms with Crippen LogP contribution in [0.5, 0.6) is 0 Å². The lowest BCUT2D eigenvalue weighted by molar-refractivity contribution is -0.721. The minimum atomic E-state index is 0.707. The largest absolute Gasteiger partial charge is 0.317 e. The molecule has 1 N–H and O–H groups in total. The van der Waals surface area contributed by atoms with E-state index in [0.717, 1.165) is 6.04 Å². The van der Waals surface area contributed by atoms with Crippen molar-refractivity contribution in [2.45, 2.75) is 31.3 Å². The molecular formula is C11H17N2+. The van der Waals surface area contributed by atoms with Crippen LogP contribution in [0.25, 0.3) is 0 Å². The van der Waals surface area contributed by atoms with Gasteiger partial charge in [0.05, 0.1) is 0 Å². The van der Waals surface area contributed by atoms with Crippen molar-refractivity contribution < 1.29 is 4.57 Å². The van der Waals surface area contributed by atoms with E-state index in [1.54, 1.807) is 0 Å². The number of pyridine rings is 1. The molecule has 0 radical (unpaired) electrons. The molecule has 70 valence electrons. The Hall–Kier alpha value is -0.890. The summed E-state index contributed by atoms with van der Waals surface area (Å²) in [4.78, 5) is 0. The second-order valence-electron chi connectivity index (χ2n) is 3.78. The van der Waals surface area contributed by atoms with E-state index >= 15 is 0 Å². The van der Waals surface area contributed by atoms with Crippen LogP contribution >= 0.6 is 0 Å². The first-order valence-electron chi connectivity index (χ1n) is 5.03. The topological polar surface area (TPSA) is 15.9 Å². The van der Waals surface area contributed by atoms with E-state index in [1.807, 2.05) is 0 Å². The van der Waals surface area contributed by atoms with Crippen LogP contribution in [0, 0.1) is 0 Å². The molecule has 1 aliphatic rings. The summed E-state index contributed by atoms with van der Waals surface area (Å²) in [7, 11) is 2.06. The zero-order valence-corrected chi connectivity index (χ0v) is 8.11. The minimum absolute atomic E-state index is 0.707. The second kappa shape index (κ2) is 3.88. The van der Waals surface area contributed by atoms with Crippen molar-refractivity contribution in [3.8, 4) is 0 Å². The Balaban J connectivity index is 2.04. The molecule has 0 bridgehead atoms. The van der Waals surface area contributed by atoms with E-state index in [1.165, 1.54) is 19.3 Å². The Bertz CT molecular complexity index is 258. The highest BCUT2D eigenvalue weighted by Gasteiger charge is 2.29. The van der Waals surface area contributed by atoms with Gasteiger partial charge < -0.3 is 5.32 Å². The quantitative estimate of drug-likeness (QED) is 0.673. The van der Waals surface area contributed by atoms with Crippen molar-refractivity contribution in [3.63, 3.8) is 0 Å². The first-order valence-corrected chi connectivity index (χ1v) is 5.03.